The van der Waals surface area contributed by atoms with Gasteiger partial charge < -0.3 is 10.6 Å². The molecule has 0 radical (unpaired) electrons. The molecule has 2 N–H and O–H groups in total. The predicted octanol–water partition coefficient (Wildman–Crippen LogP) is 2.15. The Balaban J connectivity index is 1.93. The maximum absolute atomic E-state index is 11.3. The number of benzene rings is 1. The van der Waals surface area contributed by atoms with Crippen molar-refractivity contribution in [2.24, 2.45) is 0 Å². The third kappa shape index (κ3) is 2.42. The van der Waals surface area contributed by atoms with Gasteiger partial charge in [0.2, 0.25) is 0 Å². The van der Waals surface area contributed by atoms with E-state index >= 15 is 0 Å². The lowest BCUT2D eigenvalue weighted by atomic mass is 9.88. The van der Waals surface area contributed by atoms with E-state index in [4.69, 9.17) is 11.6 Å². The molecular weight excluding hydrogens is 212 g/mol. The first kappa shape index (κ1) is 10.3. The third-order valence-electron chi connectivity index (χ3n) is 2.51. The monoisotopic (exact) mass is 224 g/mol. The Bertz CT molecular complexity index is 379. The highest BCUT2D eigenvalue weighted by Crippen LogP contribution is 2.25. The van der Waals surface area contributed by atoms with Gasteiger partial charge in [0.05, 0.1) is 0 Å². The summed E-state index contributed by atoms with van der Waals surface area (Å²) in [5.74, 6) is 0.428. The Hall–Kier alpha value is -1.22. The summed E-state index contributed by atoms with van der Waals surface area (Å²) in [5, 5.41) is 5.42. The van der Waals surface area contributed by atoms with Gasteiger partial charge in [0.25, 0.3) is 0 Å². The fourth-order valence-electron chi connectivity index (χ4n) is 1.61. The third-order valence-corrected chi connectivity index (χ3v) is 2.70. The average Bonchev–Trinajstić information content (AvgIpc) is 2.19. The van der Waals surface area contributed by atoms with E-state index in [1.807, 2.05) is 12.1 Å². The molecule has 80 valence electrons. The quantitative estimate of drug-likeness (QED) is 0.759. The molecule has 1 aromatic carbocycles. The second-order valence-corrected chi connectivity index (χ2v) is 3.93. The molecule has 0 saturated heterocycles. The van der Waals surface area contributed by atoms with E-state index in [0.717, 1.165) is 18.5 Å². The Morgan fingerprint density at radius 3 is 2.73 bits per heavy atom. The zero-order valence-corrected chi connectivity index (χ0v) is 9.10. The topological polar surface area (TPSA) is 41.1 Å². The lowest BCUT2D eigenvalue weighted by molar-refractivity contribution is 0.252. The van der Waals surface area contributed by atoms with Crippen LogP contribution in [0.5, 0.6) is 0 Å². The summed E-state index contributed by atoms with van der Waals surface area (Å²) in [4.78, 5) is 11.3. The van der Waals surface area contributed by atoms with E-state index in [9.17, 15) is 4.79 Å². The number of halogens is 1. The predicted molar refractivity (Wildman–Crippen MR) is 61.6 cm³/mol. The molecular formula is C11H13ClN2O. The van der Waals surface area contributed by atoms with E-state index in [0.29, 0.717) is 12.4 Å². The number of rotatable bonds is 3. The summed E-state index contributed by atoms with van der Waals surface area (Å²) in [7, 11) is 0. The van der Waals surface area contributed by atoms with Crippen LogP contribution in [0.3, 0.4) is 0 Å². The van der Waals surface area contributed by atoms with Crippen LogP contribution in [0.15, 0.2) is 18.2 Å². The first-order chi connectivity index (χ1) is 7.29. The maximum Gasteiger partial charge on any atom is 0.319 e. The van der Waals surface area contributed by atoms with Crippen molar-refractivity contribution < 1.29 is 4.79 Å². The molecule has 0 fully saturated rings. The number of carbonyl (C=O) groups excluding carboxylic acids is 1. The van der Waals surface area contributed by atoms with E-state index in [1.54, 1.807) is 0 Å². The minimum Gasteiger partial charge on any atom is -0.337 e. The Labute approximate surface area is 93.8 Å². The molecule has 4 heteroatoms. The molecule has 2 amide bonds. The number of hydrogen-bond acceptors (Lipinski definition) is 1. The number of fused-ring (bicyclic) bond motifs is 1. The molecule has 1 aliphatic carbocycles. The van der Waals surface area contributed by atoms with Gasteiger partial charge in [-0.3, -0.25) is 0 Å². The molecule has 1 aliphatic rings. The highest BCUT2D eigenvalue weighted by molar-refractivity contribution is 6.18. The summed E-state index contributed by atoms with van der Waals surface area (Å²) in [6.07, 6.45) is 2.28. The number of aryl methyl sites for hydroxylation is 2. The highest BCUT2D eigenvalue weighted by Gasteiger charge is 2.13. The number of nitrogens with one attached hydrogen (secondary N) is 2. The zero-order chi connectivity index (χ0) is 10.7. The second-order valence-electron chi connectivity index (χ2n) is 3.55. The smallest absolute Gasteiger partial charge is 0.319 e. The van der Waals surface area contributed by atoms with Crippen molar-refractivity contribution in [3.63, 3.8) is 0 Å². The van der Waals surface area contributed by atoms with Crippen LogP contribution >= 0.6 is 11.6 Å². The molecule has 0 unspecified atom stereocenters. The van der Waals surface area contributed by atoms with Crippen molar-refractivity contribution in [1.82, 2.24) is 5.32 Å². The average molecular weight is 225 g/mol. The minimum absolute atomic E-state index is 0.199. The van der Waals surface area contributed by atoms with Crippen LogP contribution in [-0.2, 0) is 12.8 Å². The van der Waals surface area contributed by atoms with Crippen molar-refractivity contribution >= 4 is 23.3 Å². The summed E-state index contributed by atoms with van der Waals surface area (Å²) >= 11 is 5.46. The first-order valence-corrected chi connectivity index (χ1v) is 5.55. The van der Waals surface area contributed by atoms with Crippen LogP contribution < -0.4 is 10.6 Å². The number of anilines is 1. The summed E-state index contributed by atoms with van der Waals surface area (Å²) in [6.45, 7) is 0.484. The maximum atomic E-state index is 11.3. The standard InChI is InChI=1S/C11H13ClN2O/c12-5-6-13-11(15)14-10-4-3-8-1-2-9(8)7-10/h3-4,7H,1-2,5-6H2,(H2,13,14,15). The Morgan fingerprint density at radius 1 is 1.33 bits per heavy atom. The molecule has 0 aromatic heterocycles. The summed E-state index contributed by atoms with van der Waals surface area (Å²) < 4.78 is 0. The molecule has 15 heavy (non-hydrogen) atoms. The molecule has 0 aliphatic heterocycles. The Morgan fingerprint density at radius 2 is 2.13 bits per heavy atom. The molecule has 0 spiro atoms. The van der Waals surface area contributed by atoms with Crippen molar-refractivity contribution in [3.8, 4) is 0 Å². The van der Waals surface area contributed by atoms with Crippen LogP contribution in [0.1, 0.15) is 11.1 Å². The van der Waals surface area contributed by atoms with Crippen LogP contribution in [-0.4, -0.2) is 18.5 Å². The van der Waals surface area contributed by atoms with Crippen molar-refractivity contribution in [1.29, 1.82) is 0 Å². The second kappa shape index (κ2) is 4.53. The molecule has 0 bridgehead atoms. The fraction of sp³-hybridized carbons (Fsp3) is 0.364. The molecule has 0 saturated carbocycles. The van der Waals surface area contributed by atoms with Crippen LogP contribution in [0.2, 0.25) is 0 Å². The lowest BCUT2D eigenvalue weighted by Crippen LogP contribution is -2.30. The fourth-order valence-corrected chi connectivity index (χ4v) is 1.70. The highest BCUT2D eigenvalue weighted by atomic mass is 35.5. The van der Waals surface area contributed by atoms with Gasteiger partial charge in [-0.1, -0.05) is 6.07 Å². The van der Waals surface area contributed by atoms with Gasteiger partial charge in [-0.2, -0.15) is 0 Å². The van der Waals surface area contributed by atoms with E-state index in [-0.39, 0.29) is 6.03 Å². The number of alkyl halides is 1. The van der Waals surface area contributed by atoms with Gasteiger partial charge >= 0.3 is 6.03 Å². The minimum atomic E-state index is -0.199. The number of carbonyl (C=O) groups is 1. The van der Waals surface area contributed by atoms with Crippen LogP contribution in [0, 0.1) is 0 Å². The van der Waals surface area contributed by atoms with E-state index < -0.39 is 0 Å². The van der Waals surface area contributed by atoms with Crippen molar-refractivity contribution in [3.05, 3.63) is 29.3 Å². The molecule has 1 aromatic rings. The SMILES string of the molecule is O=C(NCCCl)Nc1ccc2c(c1)CC2. The van der Waals surface area contributed by atoms with Crippen LogP contribution in [0.25, 0.3) is 0 Å². The zero-order valence-electron chi connectivity index (χ0n) is 8.35. The normalized spacial score (nSPS) is 12.6. The van der Waals surface area contributed by atoms with Gasteiger partial charge in [0.1, 0.15) is 0 Å². The molecule has 3 nitrogen and oxygen atoms in total. The molecule has 0 atom stereocenters. The summed E-state index contributed by atoms with van der Waals surface area (Å²) in [6, 6.07) is 5.82. The van der Waals surface area contributed by atoms with Crippen molar-refractivity contribution in [2.75, 3.05) is 17.7 Å². The van der Waals surface area contributed by atoms with Crippen LogP contribution in [0.4, 0.5) is 10.5 Å². The summed E-state index contributed by atoms with van der Waals surface area (Å²) in [5.41, 5.74) is 3.58. The lowest BCUT2D eigenvalue weighted by Gasteiger charge is -2.19. The number of urea groups is 1. The van der Waals surface area contributed by atoms with Gasteiger partial charge in [-0.05, 0) is 36.1 Å². The van der Waals surface area contributed by atoms with Gasteiger partial charge in [-0.15, -0.1) is 11.6 Å². The van der Waals surface area contributed by atoms with Gasteiger partial charge in [-0.25, -0.2) is 4.79 Å². The number of hydrogen-bond donors (Lipinski definition) is 2. The Kier molecular flexibility index (Phi) is 3.11. The van der Waals surface area contributed by atoms with Gasteiger partial charge in [0.15, 0.2) is 0 Å². The number of amides is 2. The molecule has 2 rings (SSSR count). The van der Waals surface area contributed by atoms with Gasteiger partial charge in [0, 0.05) is 18.1 Å². The molecule has 0 heterocycles. The van der Waals surface area contributed by atoms with E-state index in [1.165, 1.54) is 11.1 Å². The van der Waals surface area contributed by atoms with E-state index in [2.05, 4.69) is 16.7 Å². The van der Waals surface area contributed by atoms with Crippen molar-refractivity contribution in [2.45, 2.75) is 12.8 Å². The largest absolute Gasteiger partial charge is 0.337 e. The first-order valence-electron chi connectivity index (χ1n) is 5.02.